The molecule has 0 saturated carbocycles. The summed E-state index contributed by atoms with van der Waals surface area (Å²) in [5, 5.41) is 0.293. The lowest BCUT2D eigenvalue weighted by atomic mass is 10.2. The van der Waals surface area contributed by atoms with Crippen molar-refractivity contribution in [2.75, 3.05) is 0 Å². The zero-order valence-electron chi connectivity index (χ0n) is 10.2. The maximum absolute atomic E-state index is 12.6. The van der Waals surface area contributed by atoms with Crippen LogP contribution in [-0.4, -0.2) is 17.8 Å². The van der Waals surface area contributed by atoms with E-state index in [4.69, 9.17) is 0 Å². The summed E-state index contributed by atoms with van der Waals surface area (Å²) in [6, 6.07) is 12.6. The zero-order valence-corrected chi connectivity index (χ0v) is 11.0. The lowest BCUT2D eigenvalue weighted by molar-refractivity contribution is 0.594. The van der Waals surface area contributed by atoms with Crippen molar-refractivity contribution in [1.29, 1.82) is 0 Å². The third-order valence-corrected chi connectivity index (χ3v) is 5.30. The van der Waals surface area contributed by atoms with Crippen LogP contribution in [-0.2, 0) is 9.84 Å². The van der Waals surface area contributed by atoms with Crippen molar-refractivity contribution in [1.82, 2.24) is 9.38 Å². The van der Waals surface area contributed by atoms with Crippen LogP contribution in [0.2, 0.25) is 0 Å². The van der Waals surface area contributed by atoms with Crippen molar-refractivity contribution in [3.05, 3.63) is 48.2 Å². The average Bonchev–Trinajstić information content (AvgIpc) is 2.88. The SMILES string of the molecule is Cc1cccc2nc3c(n12)S(=O)(=O)c1ccccc1-3. The number of rotatable bonds is 0. The molecule has 3 aromatic rings. The molecule has 0 N–H and O–H groups in total. The molecule has 0 radical (unpaired) electrons. The molecule has 2 aromatic heterocycles. The molecule has 5 heteroatoms. The Morgan fingerprint density at radius 3 is 2.68 bits per heavy atom. The van der Waals surface area contributed by atoms with Crippen LogP contribution in [0.1, 0.15) is 5.69 Å². The number of sulfone groups is 1. The van der Waals surface area contributed by atoms with Gasteiger partial charge in [0.1, 0.15) is 11.3 Å². The Labute approximate surface area is 110 Å². The van der Waals surface area contributed by atoms with Gasteiger partial charge < -0.3 is 0 Å². The van der Waals surface area contributed by atoms with Gasteiger partial charge in [-0.1, -0.05) is 24.3 Å². The van der Waals surface area contributed by atoms with E-state index in [2.05, 4.69) is 4.98 Å². The van der Waals surface area contributed by atoms with Crippen LogP contribution in [0.5, 0.6) is 0 Å². The summed E-state index contributed by atoms with van der Waals surface area (Å²) in [5.74, 6) is 0. The van der Waals surface area contributed by atoms with Crippen molar-refractivity contribution in [3.63, 3.8) is 0 Å². The zero-order chi connectivity index (χ0) is 13.2. The minimum atomic E-state index is -3.47. The van der Waals surface area contributed by atoms with Gasteiger partial charge in [0.05, 0.1) is 4.90 Å². The van der Waals surface area contributed by atoms with E-state index in [-0.39, 0.29) is 0 Å². The van der Waals surface area contributed by atoms with Gasteiger partial charge >= 0.3 is 0 Å². The third kappa shape index (κ3) is 1.18. The van der Waals surface area contributed by atoms with E-state index in [9.17, 15) is 8.42 Å². The molecule has 1 aliphatic rings. The minimum Gasteiger partial charge on any atom is -0.287 e. The number of aromatic nitrogens is 2. The Morgan fingerprint density at radius 1 is 1.05 bits per heavy atom. The highest BCUT2D eigenvalue weighted by Crippen LogP contribution is 2.42. The second kappa shape index (κ2) is 3.24. The van der Waals surface area contributed by atoms with E-state index in [1.54, 1.807) is 22.6 Å². The maximum Gasteiger partial charge on any atom is 0.225 e. The molecule has 0 unspecified atom stereocenters. The second-order valence-corrected chi connectivity index (χ2v) is 6.46. The van der Waals surface area contributed by atoms with Crippen molar-refractivity contribution < 1.29 is 8.42 Å². The van der Waals surface area contributed by atoms with Gasteiger partial charge in [0.15, 0.2) is 5.03 Å². The van der Waals surface area contributed by atoms with E-state index in [0.717, 1.165) is 5.69 Å². The normalized spacial score (nSPS) is 15.4. The Bertz CT molecular complexity index is 939. The monoisotopic (exact) mass is 270 g/mol. The third-order valence-electron chi connectivity index (χ3n) is 3.48. The molecule has 3 heterocycles. The molecule has 1 aliphatic heterocycles. The summed E-state index contributed by atoms with van der Waals surface area (Å²) >= 11 is 0. The van der Waals surface area contributed by atoms with Crippen LogP contribution in [0, 0.1) is 6.92 Å². The molecular weight excluding hydrogens is 260 g/mol. The first-order valence-corrected chi connectivity index (χ1v) is 7.41. The smallest absolute Gasteiger partial charge is 0.225 e. The van der Waals surface area contributed by atoms with Gasteiger partial charge in [0.25, 0.3) is 0 Å². The van der Waals surface area contributed by atoms with Crippen LogP contribution in [0.4, 0.5) is 0 Å². The van der Waals surface area contributed by atoms with Crippen LogP contribution in [0.3, 0.4) is 0 Å². The van der Waals surface area contributed by atoms with Crippen molar-refractivity contribution in [2.45, 2.75) is 16.8 Å². The summed E-state index contributed by atoms with van der Waals surface area (Å²) in [4.78, 5) is 4.83. The highest BCUT2D eigenvalue weighted by molar-refractivity contribution is 7.92. The lowest BCUT2D eigenvalue weighted by Gasteiger charge is -2.03. The maximum atomic E-state index is 12.6. The van der Waals surface area contributed by atoms with E-state index in [0.29, 0.717) is 26.8 Å². The molecular formula is C14H10N2O2S. The average molecular weight is 270 g/mol. The number of hydrogen-bond acceptors (Lipinski definition) is 3. The van der Waals surface area contributed by atoms with Gasteiger partial charge in [0, 0.05) is 11.3 Å². The van der Waals surface area contributed by atoms with Gasteiger partial charge in [-0.25, -0.2) is 13.4 Å². The predicted octanol–water partition coefficient (Wildman–Crippen LogP) is 2.46. The summed E-state index contributed by atoms with van der Waals surface area (Å²) in [6.07, 6.45) is 0. The molecule has 0 spiro atoms. The first kappa shape index (κ1) is 10.8. The van der Waals surface area contributed by atoms with Gasteiger partial charge in [-0.05, 0) is 25.1 Å². The fourth-order valence-electron chi connectivity index (χ4n) is 2.65. The summed E-state index contributed by atoms with van der Waals surface area (Å²) in [6.45, 7) is 1.88. The van der Waals surface area contributed by atoms with Crippen LogP contribution >= 0.6 is 0 Å². The lowest BCUT2D eigenvalue weighted by Crippen LogP contribution is -2.03. The van der Waals surface area contributed by atoms with Gasteiger partial charge in [-0.3, -0.25) is 4.40 Å². The topological polar surface area (TPSA) is 51.4 Å². The van der Waals surface area contributed by atoms with Crippen LogP contribution in [0.15, 0.2) is 52.4 Å². The van der Waals surface area contributed by atoms with E-state index in [1.807, 2.05) is 31.2 Å². The molecule has 0 fully saturated rings. The standard InChI is InChI=1S/C14H10N2O2S/c1-9-5-4-8-12-15-13-10-6-2-3-7-11(10)19(17,18)14(13)16(9)12/h2-8H,1H3. The van der Waals surface area contributed by atoms with Crippen molar-refractivity contribution in [2.24, 2.45) is 0 Å². The summed E-state index contributed by atoms with van der Waals surface area (Å²) < 4.78 is 27.0. The molecule has 0 amide bonds. The van der Waals surface area contributed by atoms with Gasteiger partial charge in [-0.2, -0.15) is 0 Å². The fourth-order valence-corrected chi connectivity index (χ4v) is 4.45. The number of hydrogen-bond donors (Lipinski definition) is 0. The van der Waals surface area contributed by atoms with E-state index >= 15 is 0 Å². The molecule has 4 rings (SSSR count). The molecule has 0 saturated heterocycles. The summed E-state index contributed by atoms with van der Waals surface area (Å²) in [5.41, 5.74) is 2.79. The number of aryl methyl sites for hydroxylation is 1. The molecule has 0 bridgehead atoms. The fraction of sp³-hybridized carbons (Fsp3) is 0.0714. The van der Waals surface area contributed by atoms with E-state index < -0.39 is 9.84 Å². The predicted molar refractivity (Wildman–Crippen MR) is 70.8 cm³/mol. The molecule has 19 heavy (non-hydrogen) atoms. The van der Waals surface area contributed by atoms with Gasteiger partial charge in [-0.15, -0.1) is 0 Å². The highest BCUT2D eigenvalue weighted by atomic mass is 32.2. The summed E-state index contributed by atoms with van der Waals surface area (Å²) in [7, 11) is -3.47. The molecule has 0 aliphatic carbocycles. The first-order valence-electron chi connectivity index (χ1n) is 5.93. The quantitative estimate of drug-likeness (QED) is 0.493. The number of nitrogens with zero attached hydrogens (tertiary/aromatic N) is 2. The number of benzene rings is 1. The Kier molecular flexibility index (Phi) is 1.84. The largest absolute Gasteiger partial charge is 0.287 e. The number of pyridine rings is 1. The van der Waals surface area contributed by atoms with Crippen LogP contribution < -0.4 is 0 Å². The highest BCUT2D eigenvalue weighted by Gasteiger charge is 2.37. The molecule has 94 valence electrons. The Balaban J connectivity index is 2.29. The van der Waals surface area contributed by atoms with Crippen molar-refractivity contribution >= 4 is 15.5 Å². The molecule has 0 atom stereocenters. The second-order valence-electron chi connectivity index (χ2n) is 4.63. The first-order chi connectivity index (χ1) is 9.10. The Morgan fingerprint density at radius 2 is 1.84 bits per heavy atom. The molecule has 4 nitrogen and oxygen atoms in total. The van der Waals surface area contributed by atoms with Crippen molar-refractivity contribution in [3.8, 4) is 11.3 Å². The van der Waals surface area contributed by atoms with Gasteiger partial charge in [0.2, 0.25) is 9.84 Å². The number of fused-ring (bicyclic) bond motifs is 5. The Hall–Kier alpha value is -2.14. The molecule has 1 aromatic carbocycles. The van der Waals surface area contributed by atoms with E-state index in [1.165, 1.54) is 0 Å². The minimum absolute atomic E-state index is 0.293. The van der Waals surface area contributed by atoms with Crippen LogP contribution in [0.25, 0.3) is 16.9 Å². The number of imidazole rings is 1.